The number of rotatable bonds is 5. The molecule has 0 radical (unpaired) electrons. The molecular weight excluding hydrogens is 376 g/mol. The third kappa shape index (κ3) is 4.89. The van der Waals surface area contributed by atoms with Crippen molar-refractivity contribution in [2.45, 2.75) is 18.7 Å². The number of quaternary nitrogens is 1. The van der Waals surface area contributed by atoms with E-state index < -0.39 is 10.0 Å². The van der Waals surface area contributed by atoms with Gasteiger partial charge in [0.15, 0.2) is 0 Å². The van der Waals surface area contributed by atoms with Crippen molar-refractivity contribution in [1.29, 1.82) is 0 Å². The van der Waals surface area contributed by atoms with Crippen LogP contribution >= 0.6 is 0 Å². The van der Waals surface area contributed by atoms with Gasteiger partial charge in [-0.05, 0) is 49.2 Å². The Morgan fingerprint density at radius 2 is 1.79 bits per heavy atom. The maximum Gasteiger partial charge on any atom is 0.265 e. The number of aryl methyl sites for hydroxylation is 2. The van der Waals surface area contributed by atoms with Gasteiger partial charge in [-0.15, -0.1) is 0 Å². The van der Waals surface area contributed by atoms with Crippen molar-refractivity contribution < 1.29 is 18.1 Å². The Hall–Kier alpha value is -2.42. The second-order valence-corrected chi connectivity index (χ2v) is 9.02. The molecule has 8 heteroatoms. The lowest BCUT2D eigenvalue weighted by molar-refractivity contribution is -0.884. The van der Waals surface area contributed by atoms with Crippen LogP contribution in [0.4, 0.5) is 5.69 Å². The molecule has 7 nitrogen and oxygen atoms in total. The monoisotopic (exact) mass is 403 g/mol. The van der Waals surface area contributed by atoms with E-state index in [1.54, 1.807) is 31.2 Å². The Morgan fingerprint density at radius 3 is 2.46 bits per heavy atom. The van der Waals surface area contributed by atoms with E-state index in [-0.39, 0.29) is 10.8 Å². The van der Waals surface area contributed by atoms with Crippen molar-refractivity contribution in [3.05, 3.63) is 59.2 Å². The number of hydrogen-bond acceptors (Lipinski definition) is 4. The number of anilines is 1. The smallest absolute Gasteiger partial charge is 0.265 e. The zero-order chi connectivity index (χ0) is 20.3. The van der Waals surface area contributed by atoms with Gasteiger partial charge in [0.25, 0.3) is 15.9 Å². The molecule has 1 aliphatic rings. The number of carbonyl (C=O) groups is 1. The first-order chi connectivity index (χ1) is 13.2. The molecule has 28 heavy (non-hydrogen) atoms. The van der Waals surface area contributed by atoms with Crippen LogP contribution in [0.2, 0.25) is 0 Å². The number of carbonyl (C=O) groups excluding carboxylic acids is 1. The lowest BCUT2D eigenvalue weighted by Gasteiger charge is -2.30. The SMILES string of the molecule is Cc1cccc(NS(=O)(=O)c2ccc(C)c(C(=O)NN3CC[NH+](C)CC3)c2)c1. The molecule has 0 atom stereocenters. The fourth-order valence-electron chi connectivity index (χ4n) is 3.14. The number of benzene rings is 2. The molecule has 0 spiro atoms. The summed E-state index contributed by atoms with van der Waals surface area (Å²) in [5.41, 5.74) is 5.44. The second-order valence-electron chi connectivity index (χ2n) is 7.34. The van der Waals surface area contributed by atoms with E-state index in [1.807, 2.05) is 18.0 Å². The van der Waals surface area contributed by atoms with Gasteiger partial charge in [0.2, 0.25) is 0 Å². The van der Waals surface area contributed by atoms with Crippen molar-refractivity contribution in [2.75, 3.05) is 37.9 Å². The van der Waals surface area contributed by atoms with Gasteiger partial charge in [-0.1, -0.05) is 18.2 Å². The van der Waals surface area contributed by atoms with E-state index in [9.17, 15) is 13.2 Å². The molecule has 0 aliphatic carbocycles. The molecule has 0 saturated carbocycles. The molecule has 1 aliphatic heterocycles. The van der Waals surface area contributed by atoms with Crippen LogP contribution in [0.5, 0.6) is 0 Å². The topological polar surface area (TPSA) is 82.9 Å². The highest BCUT2D eigenvalue weighted by molar-refractivity contribution is 7.92. The Labute approximate surface area is 166 Å². The first kappa shape index (κ1) is 20.3. The molecule has 2 aromatic rings. The average Bonchev–Trinajstić information content (AvgIpc) is 2.63. The van der Waals surface area contributed by atoms with Gasteiger partial charge in [0, 0.05) is 11.3 Å². The molecule has 1 amide bonds. The fraction of sp³-hybridized carbons (Fsp3) is 0.350. The summed E-state index contributed by atoms with van der Waals surface area (Å²) in [6.07, 6.45) is 0. The van der Waals surface area contributed by atoms with Crippen molar-refractivity contribution in [2.24, 2.45) is 0 Å². The quantitative estimate of drug-likeness (QED) is 0.682. The van der Waals surface area contributed by atoms with E-state index in [0.717, 1.165) is 37.3 Å². The number of nitrogens with zero attached hydrogens (tertiary/aromatic N) is 1. The van der Waals surface area contributed by atoms with Crippen molar-refractivity contribution in [3.8, 4) is 0 Å². The van der Waals surface area contributed by atoms with E-state index in [1.165, 1.54) is 17.0 Å². The third-order valence-corrected chi connectivity index (χ3v) is 6.29. The predicted molar refractivity (Wildman–Crippen MR) is 109 cm³/mol. The molecule has 1 saturated heterocycles. The van der Waals surface area contributed by atoms with Crippen LogP contribution in [0, 0.1) is 13.8 Å². The van der Waals surface area contributed by atoms with E-state index in [4.69, 9.17) is 0 Å². The summed E-state index contributed by atoms with van der Waals surface area (Å²) in [6.45, 7) is 7.13. The van der Waals surface area contributed by atoms with E-state index in [2.05, 4.69) is 17.2 Å². The minimum Gasteiger partial charge on any atom is -0.335 e. The highest BCUT2D eigenvalue weighted by atomic mass is 32.2. The summed E-state index contributed by atoms with van der Waals surface area (Å²) < 4.78 is 28.1. The van der Waals surface area contributed by atoms with Gasteiger partial charge in [-0.3, -0.25) is 14.9 Å². The molecule has 1 fully saturated rings. The van der Waals surface area contributed by atoms with Gasteiger partial charge >= 0.3 is 0 Å². The van der Waals surface area contributed by atoms with Crippen LogP contribution in [-0.4, -0.2) is 52.6 Å². The first-order valence-electron chi connectivity index (χ1n) is 9.32. The van der Waals surface area contributed by atoms with Crippen LogP contribution in [0.15, 0.2) is 47.4 Å². The summed E-state index contributed by atoms with van der Waals surface area (Å²) >= 11 is 0. The summed E-state index contributed by atoms with van der Waals surface area (Å²) in [5, 5.41) is 1.89. The molecule has 1 heterocycles. The average molecular weight is 404 g/mol. The van der Waals surface area contributed by atoms with Crippen molar-refractivity contribution in [3.63, 3.8) is 0 Å². The van der Waals surface area contributed by atoms with Gasteiger partial charge in [0.1, 0.15) is 0 Å². The number of nitrogens with one attached hydrogen (secondary N) is 3. The number of hydrogen-bond donors (Lipinski definition) is 3. The lowest BCUT2D eigenvalue weighted by atomic mass is 10.1. The Bertz CT molecular complexity index is 967. The zero-order valence-corrected chi connectivity index (χ0v) is 17.3. The zero-order valence-electron chi connectivity index (χ0n) is 16.5. The lowest BCUT2D eigenvalue weighted by Crippen LogP contribution is -3.12. The predicted octanol–water partition coefficient (Wildman–Crippen LogP) is 0.579. The summed E-state index contributed by atoms with van der Waals surface area (Å²) in [4.78, 5) is 14.2. The molecule has 2 aromatic carbocycles. The molecule has 150 valence electrons. The summed E-state index contributed by atoms with van der Waals surface area (Å²) in [5.74, 6) is -0.287. The summed E-state index contributed by atoms with van der Waals surface area (Å²) in [6, 6.07) is 11.8. The second kappa shape index (κ2) is 8.30. The first-order valence-corrected chi connectivity index (χ1v) is 10.8. The standard InChI is InChI=1S/C20H26N4O3S/c1-15-5-4-6-17(13-15)22-28(26,27)18-8-7-16(2)19(14-18)20(25)21-24-11-9-23(3)10-12-24/h4-8,13-14,22H,9-12H2,1-3H3,(H,21,25)/p+1. The Morgan fingerprint density at radius 1 is 1.07 bits per heavy atom. The van der Waals surface area contributed by atoms with Crippen molar-refractivity contribution in [1.82, 2.24) is 10.4 Å². The largest absolute Gasteiger partial charge is 0.335 e. The number of piperazine rings is 1. The summed E-state index contributed by atoms with van der Waals surface area (Å²) in [7, 11) is -1.67. The molecule has 0 unspecified atom stereocenters. The van der Waals surface area contributed by atoms with Crippen LogP contribution in [0.25, 0.3) is 0 Å². The van der Waals surface area contributed by atoms with Crippen LogP contribution < -0.4 is 15.0 Å². The van der Waals surface area contributed by atoms with Gasteiger partial charge in [0.05, 0.1) is 38.1 Å². The molecular formula is C20H27N4O3S+. The maximum atomic E-state index is 12.8. The maximum absolute atomic E-state index is 12.8. The highest BCUT2D eigenvalue weighted by Gasteiger charge is 2.22. The number of sulfonamides is 1. The number of hydrazine groups is 1. The van der Waals surface area contributed by atoms with Gasteiger partial charge in [-0.2, -0.15) is 0 Å². The van der Waals surface area contributed by atoms with Gasteiger partial charge < -0.3 is 4.90 Å². The number of likely N-dealkylation sites (N-methyl/N-ethyl adjacent to an activating group) is 1. The highest BCUT2D eigenvalue weighted by Crippen LogP contribution is 2.20. The molecule has 0 aromatic heterocycles. The minimum atomic E-state index is -3.79. The Kier molecular flexibility index (Phi) is 6.02. The van der Waals surface area contributed by atoms with Gasteiger partial charge in [-0.25, -0.2) is 13.4 Å². The van der Waals surface area contributed by atoms with Crippen LogP contribution in [0.3, 0.4) is 0 Å². The van der Waals surface area contributed by atoms with Crippen LogP contribution in [0.1, 0.15) is 21.5 Å². The normalized spacial score (nSPS) is 16.0. The molecule has 0 bridgehead atoms. The van der Waals surface area contributed by atoms with Crippen LogP contribution in [-0.2, 0) is 10.0 Å². The van der Waals surface area contributed by atoms with Crippen molar-refractivity contribution >= 4 is 21.6 Å². The third-order valence-electron chi connectivity index (χ3n) is 4.91. The fourth-order valence-corrected chi connectivity index (χ4v) is 4.21. The van der Waals surface area contributed by atoms with E-state index >= 15 is 0 Å². The molecule has 3 N–H and O–H groups in total. The number of amides is 1. The Balaban J connectivity index is 1.79. The minimum absolute atomic E-state index is 0.0626. The molecule has 3 rings (SSSR count). The van der Waals surface area contributed by atoms with E-state index in [0.29, 0.717) is 11.3 Å².